The fourth-order valence-corrected chi connectivity index (χ4v) is 3.09. The highest BCUT2D eigenvalue weighted by Crippen LogP contribution is 2.16. The molecule has 0 aliphatic carbocycles. The minimum Gasteiger partial charge on any atom is -0.361 e. The summed E-state index contributed by atoms with van der Waals surface area (Å²) in [7, 11) is 2.07. The number of aromatic nitrogens is 1. The molecule has 1 N–H and O–H groups in total. The molecule has 0 saturated carbocycles. The van der Waals surface area contributed by atoms with Crippen molar-refractivity contribution in [2.45, 2.75) is 38.6 Å². The lowest BCUT2D eigenvalue weighted by Crippen LogP contribution is -2.38. The molecule has 2 rings (SSSR count). The Hall–Kier alpha value is -1.22. The van der Waals surface area contributed by atoms with Gasteiger partial charge in [0.05, 0.1) is 5.69 Å². The SMILES string of the molecule is CCNC(=NCCc1c(C)noc1C)N(C)Cc1ccc(SC)cc1.I. The average Bonchev–Trinajstić information content (AvgIpc) is 2.93. The third kappa shape index (κ3) is 6.50. The zero-order chi connectivity index (χ0) is 18.2. The van der Waals surface area contributed by atoms with E-state index in [1.807, 2.05) is 13.8 Å². The summed E-state index contributed by atoms with van der Waals surface area (Å²) in [5.74, 6) is 1.81. The number of rotatable bonds is 7. The second-order valence-corrected chi connectivity index (χ2v) is 6.87. The Morgan fingerprint density at radius 1 is 1.27 bits per heavy atom. The summed E-state index contributed by atoms with van der Waals surface area (Å²) in [5.41, 5.74) is 3.39. The quantitative estimate of drug-likeness (QED) is 0.273. The Morgan fingerprint density at radius 2 is 1.96 bits per heavy atom. The number of thioether (sulfide) groups is 1. The van der Waals surface area contributed by atoms with E-state index >= 15 is 0 Å². The first-order valence-electron chi connectivity index (χ1n) is 8.59. The van der Waals surface area contributed by atoms with Gasteiger partial charge in [-0.25, -0.2) is 0 Å². The summed E-state index contributed by atoms with van der Waals surface area (Å²) in [6.45, 7) is 8.40. The van der Waals surface area contributed by atoms with Gasteiger partial charge < -0.3 is 14.7 Å². The number of hydrogen-bond acceptors (Lipinski definition) is 4. The van der Waals surface area contributed by atoms with Crippen molar-refractivity contribution in [1.29, 1.82) is 0 Å². The van der Waals surface area contributed by atoms with E-state index in [0.717, 1.165) is 42.5 Å². The monoisotopic (exact) mass is 488 g/mol. The second kappa shape index (κ2) is 11.5. The van der Waals surface area contributed by atoms with Crippen molar-refractivity contribution in [1.82, 2.24) is 15.4 Å². The number of guanidine groups is 1. The van der Waals surface area contributed by atoms with Gasteiger partial charge in [0.2, 0.25) is 0 Å². The molecule has 0 fully saturated rings. The summed E-state index contributed by atoms with van der Waals surface area (Å²) >= 11 is 1.76. The van der Waals surface area contributed by atoms with Gasteiger partial charge in [-0.15, -0.1) is 35.7 Å². The van der Waals surface area contributed by atoms with Crippen molar-refractivity contribution in [3.05, 3.63) is 46.8 Å². The smallest absolute Gasteiger partial charge is 0.193 e. The van der Waals surface area contributed by atoms with Crippen LogP contribution in [-0.4, -0.2) is 42.4 Å². The van der Waals surface area contributed by atoms with E-state index in [1.54, 1.807) is 11.8 Å². The van der Waals surface area contributed by atoms with Gasteiger partial charge in [-0.3, -0.25) is 4.99 Å². The van der Waals surface area contributed by atoms with E-state index in [9.17, 15) is 0 Å². The minimum absolute atomic E-state index is 0. The van der Waals surface area contributed by atoms with Crippen molar-refractivity contribution >= 4 is 41.7 Å². The Balaban J connectivity index is 0.00000338. The third-order valence-corrected chi connectivity index (χ3v) is 4.82. The van der Waals surface area contributed by atoms with Crippen molar-refractivity contribution in [3.63, 3.8) is 0 Å². The van der Waals surface area contributed by atoms with Crippen molar-refractivity contribution < 1.29 is 4.52 Å². The Bertz CT molecular complexity index is 681. The van der Waals surface area contributed by atoms with E-state index in [2.05, 4.69) is 59.9 Å². The van der Waals surface area contributed by atoms with E-state index in [4.69, 9.17) is 9.52 Å². The highest BCUT2D eigenvalue weighted by molar-refractivity contribution is 14.0. The van der Waals surface area contributed by atoms with Gasteiger partial charge in [0, 0.05) is 37.1 Å². The van der Waals surface area contributed by atoms with E-state index < -0.39 is 0 Å². The lowest BCUT2D eigenvalue weighted by molar-refractivity contribution is 0.392. The number of benzene rings is 1. The van der Waals surface area contributed by atoms with Crippen LogP contribution in [0.3, 0.4) is 0 Å². The molecule has 7 heteroatoms. The standard InChI is InChI=1S/C19H28N4OS.HI/c1-6-20-19(21-12-11-18-14(2)22-24-15(18)3)23(4)13-16-7-9-17(25-5)10-8-16;/h7-10H,6,11-13H2,1-5H3,(H,20,21);1H. The molecule has 26 heavy (non-hydrogen) atoms. The Morgan fingerprint density at radius 3 is 2.50 bits per heavy atom. The summed E-state index contributed by atoms with van der Waals surface area (Å²) in [6, 6.07) is 8.68. The zero-order valence-corrected chi connectivity index (χ0v) is 19.4. The molecule has 1 aromatic carbocycles. The molecule has 0 atom stereocenters. The van der Waals surface area contributed by atoms with Crippen LogP contribution in [0.5, 0.6) is 0 Å². The average molecular weight is 488 g/mol. The minimum atomic E-state index is 0. The maximum Gasteiger partial charge on any atom is 0.193 e. The first-order chi connectivity index (χ1) is 12.0. The van der Waals surface area contributed by atoms with Gasteiger partial charge in [-0.05, 0) is 51.1 Å². The van der Waals surface area contributed by atoms with E-state index in [-0.39, 0.29) is 24.0 Å². The number of aliphatic imine (C=N–C) groups is 1. The van der Waals surface area contributed by atoms with Crippen LogP contribution < -0.4 is 5.32 Å². The maximum atomic E-state index is 5.22. The van der Waals surface area contributed by atoms with Crippen molar-refractivity contribution in [2.75, 3.05) is 26.4 Å². The molecule has 144 valence electrons. The van der Waals surface area contributed by atoms with E-state index in [0.29, 0.717) is 6.54 Å². The molecule has 0 aliphatic heterocycles. The van der Waals surface area contributed by atoms with Crippen molar-refractivity contribution in [2.24, 2.45) is 4.99 Å². The van der Waals surface area contributed by atoms with Gasteiger partial charge in [0.15, 0.2) is 5.96 Å². The number of nitrogens with one attached hydrogen (secondary N) is 1. The fourth-order valence-electron chi connectivity index (χ4n) is 2.68. The number of hydrogen-bond donors (Lipinski definition) is 1. The van der Waals surface area contributed by atoms with Gasteiger partial charge in [-0.2, -0.15) is 0 Å². The van der Waals surface area contributed by atoms with Crippen LogP contribution in [0.2, 0.25) is 0 Å². The van der Waals surface area contributed by atoms with Crippen molar-refractivity contribution in [3.8, 4) is 0 Å². The highest BCUT2D eigenvalue weighted by Gasteiger charge is 2.10. The predicted molar refractivity (Wildman–Crippen MR) is 121 cm³/mol. The van der Waals surface area contributed by atoms with Crippen LogP contribution >= 0.6 is 35.7 Å². The molecule has 0 bridgehead atoms. The maximum absolute atomic E-state index is 5.22. The lowest BCUT2D eigenvalue weighted by Gasteiger charge is -2.22. The van der Waals surface area contributed by atoms with Gasteiger partial charge in [-0.1, -0.05) is 17.3 Å². The van der Waals surface area contributed by atoms with Crippen LogP contribution in [0.15, 0.2) is 38.7 Å². The molecule has 1 heterocycles. The number of nitrogens with zero attached hydrogens (tertiary/aromatic N) is 3. The molecule has 0 unspecified atom stereocenters. The molecular weight excluding hydrogens is 459 g/mol. The normalized spacial score (nSPS) is 11.2. The van der Waals surface area contributed by atoms with Gasteiger partial charge in [0.1, 0.15) is 5.76 Å². The first-order valence-corrected chi connectivity index (χ1v) is 9.81. The predicted octanol–water partition coefficient (Wildman–Crippen LogP) is 4.27. The molecule has 5 nitrogen and oxygen atoms in total. The number of halogens is 1. The van der Waals surface area contributed by atoms with Crippen LogP contribution in [0, 0.1) is 13.8 Å². The van der Waals surface area contributed by atoms with Crippen LogP contribution in [0.1, 0.15) is 29.5 Å². The Labute approximate surface area is 178 Å². The topological polar surface area (TPSA) is 53.7 Å². The van der Waals surface area contributed by atoms with E-state index in [1.165, 1.54) is 10.5 Å². The molecule has 1 aromatic heterocycles. The largest absolute Gasteiger partial charge is 0.361 e. The summed E-state index contributed by atoms with van der Waals surface area (Å²) < 4.78 is 5.22. The number of aryl methyl sites for hydroxylation is 2. The Kier molecular flexibility index (Phi) is 10.1. The molecule has 0 amide bonds. The molecule has 0 radical (unpaired) electrons. The van der Waals surface area contributed by atoms with Crippen LogP contribution in [0.4, 0.5) is 0 Å². The lowest BCUT2D eigenvalue weighted by atomic mass is 10.1. The summed E-state index contributed by atoms with van der Waals surface area (Å²) in [6.07, 6.45) is 2.93. The molecular formula is C19H29IN4OS. The molecule has 0 saturated heterocycles. The molecule has 0 aliphatic rings. The van der Waals surface area contributed by atoms with Gasteiger partial charge >= 0.3 is 0 Å². The summed E-state index contributed by atoms with van der Waals surface area (Å²) in [4.78, 5) is 8.20. The third-order valence-electron chi connectivity index (χ3n) is 4.08. The van der Waals surface area contributed by atoms with Gasteiger partial charge in [0.25, 0.3) is 0 Å². The first kappa shape index (κ1) is 22.8. The zero-order valence-electron chi connectivity index (χ0n) is 16.2. The second-order valence-electron chi connectivity index (χ2n) is 5.99. The van der Waals surface area contributed by atoms with Crippen LogP contribution in [0.25, 0.3) is 0 Å². The molecule has 2 aromatic rings. The van der Waals surface area contributed by atoms with Crippen LogP contribution in [-0.2, 0) is 13.0 Å². The summed E-state index contributed by atoms with van der Waals surface area (Å²) in [5, 5.41) is 7.37. The molecule has 0 spiro atoms. The highest BCUT2D eigenvalue weighted by atomic mass is 127. The fraction of sp³-hybridized carbons (Fsp3) is 0.474.